The van der Waals surface area contributed by atoms with Crippen LogP contribution in [0, 0.1) is 0 Å². The number of alkyl halides is 3. The number of benzene rings is 1. The molecule has 0 saturated carbocycles. The second-order valence-electron chi connectivity index (χ2n) is 5.43. The number of carbonyl (C=O) groups is 2. The molecule has 130 valence electrons. The van der Waals surface area contributed by atoms with Crippen molar-refractivity contribution in [1.29, 1.82) is 0 Å². The molecular formula is C16H16BrF3N2O2. The molecule has 0 saturated heterocycles. The lowest BCUT2D eigenvalue weighted by Gasteiger charge is -2.16. The second-order valence-corrected chi connectivity index (χ2v) is 6.35. The smallest absolute Gasteiger partial charge is 0.302 e. The third-order valence-corrected chi connectivity index (χ3v) is 4.16. The number of allylic oxidation sites excluding steroid dienone is 2. The monoisotopic (exact) mass is 404 g/mol. The molecule has 0 aromatic heterocycles. The second kappa shape index (κ2) is 7.83. The number of halogens is 4. The fraction of sp³-hybridized carbons (Fsp3) is 0.375. The van der Waals surface area contributed by atoms with Crippen LogP contribution in [0.5, 0.6) is 0 Å². The van der Waals surface area contributed by atoms with Gasteiger partial charge in [-0.15, -0.1) is 0 Å². The van der Waals surface area contributed by atoms with Gasteiger partial charge in [-0.25, -0.2) is 0 Å². The number of hydrogen-bond acceptors (Lipinski definition) is 3. The van der Waals surface area contributed by atoms with Gasteiger partial charge in [-0.1, -0.05) is 28.4 Å². The Morgan fingerprint density at radius 2 is 1.79 bits per heavy atom. The first kappa shape index (κ1) is 18.5. The maximum Gasteiger partial charge on any atom is 0.454 e. The molecule has 0 aliphatic heterocycles. The average molecular weight is 405 g/mol. The molecule has 0 spiro atoms. The van der Waals surface area contributed by atoms with Gasteiger partial charge in [-0.2, -0.15) is 13.2 Å². The molecule has 24 heavy (non-hydrogen) atoms. The summed E-state index contributed by atoms with van der Waals surface area (Å²) in [7, 11) is 0. The summed E-state index contributed by atoms with van der Waals surface area (Å²) in [5, 5.41) is 0. The minimum Gasteiger partial charge on any atom is -0.302 e. The summed E-state index contributed by atoms with van der Waals surface area (Å²) in [5.41, 5.74) is 5.08. The molecule has 0 atom stereocenters. The Morgan fingerprint density at radius 1 is 1.08 bits per heavy atom. The highest BCUT2D eigenvalue weighted by atomic mass is 79.9. The molecule has 0 fully saturated rings. The van der Waals surface area contributed by atoms with E-state index in [1.165, 1.54) is 0 Å². The molecule has 1 aliphatic rings. The zero-order chi connectivity index (χ0) is 17.7. The van der Waals surface area contributed by atoms with Gasteiger partial charge in [0.25, 0.3) is 11.7 Å². The van der Waals surface area contributed by atoms with Crippen molar-refractivity contribution >= 4 is 27.6 Å². The van der Waals surface area contributed by atoms with Gasteiger partial charge in [0, 0.05) is 21.3 Å². The van der Waals surface area contributed by atoms with Gasteiger partial charge in [0.2, 0.25) is 0 Å². The number of nitrogens with one attached hydrogen (secondary N) is 2. The van der Waals surface area contributed by atoms with E-state index in [1.54, 1.807) is 24.3 Å². The van der Waals surface area contributed by atoms with E-state index in [-0.39, 0.29) is 24.1 Å². The Labute approximate surface area is 145 Å². The number of ketones is 1. The largest absolute Gasteiger partial charge is 0.454 e. The number of hydrazine groups is 1. The lowest BCUT2D eigenvalue weighted by molar-refractivity contribution is -0.166. The van der Waals surface area contributed by atoms with Crippen LogP contribution in [0.25, 0.3) is 0 Å². The highest BCUT2D eigenvalue weighted by Crippen LogP contribution is 2.29. The quantitative estimate of drug-likeness (QED) is 0.744. The van der Waals surface area contributed by atoms with Crippen LogP contribution >= 0.6 is 15.9 Å². The maximum absolute atomic E-state index is 12.7. The Bertz CT molecular complexity index is 672. The Balaban J connectivity index is 2.15. The van der Waals surface area contributed by atoms with Gasteiger partial charge in [0.15, 0.2) is 0 Å². The maximum atomic E-state index is 12.7. The fourth-order valence-electron chi connectivity index (χ4n) is 2.48. The molecule has 2 N–H and O–H groups in total. The Morgan fingerprint density at radius 3 is 2.46 bits per heavy atom. The summed E-state index contributed by atoms with van der Waals surface area (Å²) in [6.45, 7) is 0. The Kier molecular flexibility index (Phi) is 6.04. The Hall–Kier alpha value is -1.83. The van der Waals surface area contributed by atoms with Crippen LogP contribution in [-0.2, 0) is 4.79 Å². The number of hydrogen-bond donors (Lipinski definition) is 2. The predicted molar refractivity (Wildman–Crippen MR) is 85.9 cm³/mol. The topological polar surface area (TPSA) is 58.2 Å². The van der Waals surface area contributed by atoms with Gasteiger partial charge in [-0.05, 0) is 43.9 Å². The van der Waals surface area contributed by atoms with Crippen LogP contribution < -0.4 is 10.9 Å². The third kappa shape index (κ3) is 4.83. The van der Waals surface area contributed by atoms with Crippen LogP contribution in [0.4, 0.5) is 13.2 Å². The van der Waals surface area contributed by atoms with E-state index in [9.17, 15) is 22.8 Å². The van der Waals surface area contributed by atoms with Gasteiger partial charge in [0.05, 0.1) is 0 Å². The van der Waals surface area contributed by atoms with Gasteiger partial charge >= 0.3 is 6.18 Å². The molecule has 0 unspecified atom stereocenters. The normalized spacial score (nSPS) is 15.7. The first-order valence-electron chi connectivity index (χ1n) is 7.44. The van der Waals surface area contributed by atoms with Crippen molar-refractivity contribution in [3.05, 3.63) is 45.6 Å². The third-order valence-electron chi connectivity index (χ3n) is 3.66. The van der Waals surface area contributed by atoms with E-state index in [4.69, 9.17) is 0 Å². The van der Waals surface area contributed by atoms with E-state index in [1.807, 2.05) is 0 Å². The van der Waals surface area contributed by atoms with Crippen molar-refractivity contribution in [2.45, 2.75) is 38.3 Å². The zero-order valence-corrected chi connectivity index (χ0v) is 14.3. The lowest BCUT2D eigenvalue weighted by atomic mass is 10.0. The summed E-state index contributed by atoms with van der Waals surface area (Å²) in [6.07, 6.45) is -2.67. The van der Waals surface area contributed by atoms with E-state index in [0.29, 0.717) is 22.9 Å². The summed E-state index contributed by atoms with van der Waals surface area (Å²) in [5.74, 6) is -2.34. The van der Waals surface area contributed by atoms with E-state index in [0.717, 1.165) is 6.42 Å². The molecular weight excluding hydrogens is 389 g/mol. The van der Waals surface area contributed by atoms with Crippen molar-refractivity contribution in [3.63, 3.8) is 0 Å². The summed E-state index contributed by atoms with van der Waals surface area (Å²) < 4.78 is 38.9. The standard InChI is InChI=1S/C16H16BrF3N2O2/c17-11-6-4-5-10(9-11)15(24)22-21-13-8-3-1-2-7-12(13)14(23)16(18,19)20/h4-6,9,21H,1-3,7-8H2,(H,22,24). The van der Waals surface area contributed by atoms with Crippen LogP contribution in [0.2, 0.25) is 0 Å². The molecule has 1 aromatic rings. The minimum atomic E-state index is -4.92. The minimum absolute atomic E-state index is 0.0490. The molecule has 0 radical (unpaired) electrons. The summed E-state index contributed by atoms with van der Waals surface area (Å²) >= 11 is 3.24. The summed E-state index contributed by atoms with van der Waals surface area (Å²) in [6, 6.07) is 6.58. The molecule has 1 aliphatic carbocycles. The lowest BCUT2D eigenvalue weighted by Crippen LogP contribution is -2.38. The van der Waals surface area contributed by atoms with Gasteiger partial charge in [-0.3, -0.25) is 15.0 Å². The highest BCUT2D eigenvalue weighted by Gasteiger charge is 2.41. The first-order chi connectivity index (χ1) is 11.3. The van der Waals surface area contributed by atoms with Crippen LogP contribution in [0.3, 0.4) is 0 Å². The number of amides is 1. The number of Topliss-reactive ketones (excluding diaryl/α,β-unsaturated/α-hetero) is 1. The van der Waals surface area contributed by atoms with E-state index >= 15 is 0 Å². The van der Waals surface area contributed by atoms with Gasteiger partial charge in [0.1, 0.15) is 0 Å². The molecule has 1 amide bonds. The average Bonchev–Trinajstić information content (AvgIpc) is 2.76. The van der Waals surface area contributed by atoms with Crippen molar-refractivity contribution in [1.82, 2.24) is 10.9 Å². The van der Waals surface area contributed by atoms with Crippen molar-refractivity contribution in [2.24, 2.45) is 0 Å². The fourth-order valence-corrected chi connectivity index (χ4v) is 2.88. The van der Waals surface area contributed by atoms with E-state index < -0.39 is 17.9 Å². The molecule has 1 aromatic carbocycles. The molecule has 4 nitrogen and oxygen atoms in total. The van der Waals surface area contributed by atoms with Crippen LogP contribution in [0.1, 0.15) is 42.5 Å². The van der Waals surface area contributed by atoms with Crippen molar-refractivity contribution < 1.29 is 22.8 Å². The number of rotatable bonds is 4. The van der Waals surface area contributed by atoms with Crippen molar-refractivity contribution in [2.75, 3.05) is 0 Å². The van der Waals surface area contributed by atoms with E-state index in [2.05, 4.69) is 26.8 Å². The SMILES string of the molecule is O=C(NNC1=C(C(=O)C(F)(F)F)CCCCC1)c1cccc(Br)c1. The molecule has 0 bridgehead atoms. The summed E-state index contributed by atoms with van der Waals surface area (Å²) in [4.78, 5) is 23.7. The zero-order valence-electron chi connectivity index (χ0n) is 12.7. The molecule has 0 heterocycles. The van der Waals surface area contributed by atoms with Crippen LogP contribution in [-0.4, -0.2) is 17.9 Å². The highest BCUT2D eigenvalue weighted by molar-refractivity contribution is 9.10. The van der Waals surface area contributed by atoms with Crippen molar-refractivity contribution in [3.8, 4) is 0 Å². The van der Waals surface area contributed by atoms with Crippen LogP contribution in [0.15, 0.2) is 40.0 Å². The predicted octanol–water partition coefficient (Wildman–Crippen LogP) is 4.03. The number of carbonyl (C=O) groups excluding carboxylic acids is 2. The molecule has 8 heteroatoms. The molecule has 2 rings (SSSR count). The van der Waals surface area contributed by atoms with Gasteiger partial charge < -0.3 is 5.43 Å². The first-order valence-corrected chi connectivity index (χ1v) is 8.24.